The van der Waals surface area contributed by atoms with E-state index in [4.69, 9.17) is 15.2 Å². The average Bonchev–Trinajstić information content (AvgIpc) is 2.43. The van der Waals surface area contributed by atoms with Crippen molar-refractivity contribution in [2.24, 2.45) is 5.73 Å². The predicted molar refractivity (Wildman–Crippen MR) is 75.8 cm³/mol. The topological polar surface area (TPSA) is 44.5 Å². The fraction of sp³-hybridized carbons (Fsp3) is 1.00. The molecule has 1 unspecified atom stereocenters. The van der Waals surface area contributed by atoms with Crippen LogP contribution in [-0.4, -0.2) is 32.0 Å². The normalized spacial score (nSPS) is 20.8. The molecule has 3 nitrogen and oxygen atoms in total. The molecule has 1 aliphatic rings. The van der Waals surface area contributed by atoms with E-state index in [0.717, 1.165) is 32.5 Å². The molecule has 2 N–H and O–H groups in total. The van der Waals surface area contributed by atoms with Crippen molar-refractivity contribution in [2.75, 3.05) is 20.3 Å². The van der Waals surface area contributed by atoms with Crippen LogP contribution < -0.4 is 5.73 Å². The van der Waals surface area contributed by atoms with Crippen LogP contribution in [0.2, 0.25) is 0 Å². The fourth-order valence-corrected chi connectivity index (χ4v) is 2.85. The Labute approximate surface area is 112 Å². The second-order valence-corrected chi connectivity index (χ2v) is 5.54. The van der Waals surface area contributed by atoms with Crippen molar-refractivity contribution in [3.63, 3.8) is 0 Å². The number of hydrogen-bond donors (Lipinski definition) is 1. The van der Waals surface area contributed by atoms with Gasteiger partial charge in [0.25, 0.3) is 0 Å². The smallest absolute Gasteiger partial charge is 0.0872 e. The summed E-state index contributed by atoms with van der Waals surface area (Å²) in [7, 11) is 1.80. The summed E-state index contributed by atoms with van der Waals surface area (Å²) in [5, 5.41) is 0. The molecule has 1 fully saturated rings. The first kappa shape index (κ1) is 15.9. The lowest BCUT2D eigenvalue weighted by molar-refractivity contribution is -0.105. The Bertz CT molecular complexity index is 203. The van der Waals surface area contributed by atoms with Crippen LogP contribution in [0.15, 0.2) is 0 Å². The predicted octanol–water partition coefficient (Wildman–Crippen LogP) is 3.26. The van der Waals surface area contributed by atoms with Crippen LogP contribution in [0, 0.1) is 0 Å². The first-order valence-electron chi connectivity index (χ1n) is 7.63. The van der Waals surface area contributed by atoms with Gasteiger partial charge in [0, 0.05) is 39.2 Å². The first-order valence-corrected chi connectivity index (χ1v) is 7.63. The minimum atomic E-state index is -0.123. The molecule has 1 aliphatic heterocycles. The maximum atomic E-state index is 6.35. The van der Waals surface area contributed by atoms with E-state index in [1.807, 2.05) is 0 Å². The highest BCUT2D eigenvalue weighted by Gasteiger charge is 2.38. The van der Waals surface area contributed by atoms with E-state index in [2.05, 4.69) is 6.92 Å². The molecule has 0 spiro atoms. The third kappa shape index (κ3) is 4.87. The molecule has 0 bridgehead atoms. The molecule has 0 aromatic carbocycles. The Morgan fingerprint density at radius 3 is 2.33 bits per heavy atom. The largest absolute Gasteiger partial charge is 0.381 e. The fourth-order valence-electron chi connectivity index (χ4n) is 2.85. The van der Waals surface area contributed by atoms with Crippen LogP contribution in [-0.2, 0) is 9.47 Å². The zero-order chi connectivity index (χ0) is 13.3. The Kier molecular flexibility index (Phi) is 7.87. The number of unbranched alkanes of at least 4 members (excludes halogenated alkanes) is 5. The van der Waals surface area contributed by atoms with Gasteiger partial charge in [-0.3, -0.25) is 0 Å². The van der Waals surface area contributed by atoms with Crippen molar-refractivity contribution in [2.45, 2.75) is 76.4 Å². The number of methoxy groups -OCH3 is 1. The standard InChI is InChI=1S/C15H31NO2/c1-3-4-5-6-7-8-9-14(16)15(17-2)10-12-18-13-11-15/h14H,3-13,16H2,1-2H3. The Balaban J connectivity index is 2.19. The molecule has 1 heterocycles. The van der Waals surface area contributed by atoms with E-state index in [9.17, 15) is 0 Å². The molecule has 3 heteroatoms. The minimum Gasteiger partial charge on any atom is -0.381 e. The van der Waals surface area contributed by atoms with Gasteiger partial charge in [0.1, 0.15) is 0 Å². The molecular weight excluding hydrogens is 226 g/mol. The molecule has 0 aromatic heterocycles. The molecular formula is C15H31NO2. The summed E-state index contributed by atoms with van der Waals surface area (Å²) in [6.07, 6.45) is 10.9. The highest BCUT2D eigenvalue weighted by molar-refractivity contribution is 4.92. The minimum absolute atomic E-state index is 0.123. The zero-order valence-electron chi connectivity index (χ0n) is 12.2. The van der Waals surface area contributed by atoms with Crippen LogP contribution in [0.25, 0.3) is 0 Å². The summed E-state index contributed by atoms with van der Waals surface area (Å²) in [6, 6.07) is 0.164. The third-order valence-corrected chi connectivity index (χ3v) is 4.29. The van der Waals surface area contributed by atoms with Crippen molar-refractivity contribution >= 4 is 0 Å². The third-order valence-electron chi connectivity index (χ3n) is 4.29. The highest BCUT2D eigenvalue weighted by Crippen LogP contribution is 2.29. The van der Waals surface area contributed by atoms with E-state index in [1.54, 1.807) is 7.11 Å². The first-order chi connectivity index (χ1) is 8.75. The van der Waals surface area contributed by atoms with Gasteiger partial charge in [0.15, 0.2) is 0 Å². The molecule has 108 valence electrons. The Morgan fingerprint density at radius 2 is 1.72 bits per heavy atom. The molecule has 0 aliphatic carbocycles. The number of nitrogens with two attached hydrogens (primary N) is 1. The second-order valence-electron chi connectivity index (χ2n) is 5.54. The van der Waals surface area contributed by atoms with Crippen LogP contribution in [0.1, 0.15) is 64.7 Å². The monoisotopic (exact) mass is 257 g/mol. The van der Waals surface area contributed by atoms with Crippen molar-refractivity contribution in [1.82, 2.24) is 0 Å². The Morgan fingerprint density at radius 1 is 1.11 bits per heavy atom. The lowest BCUT2D eigenvalue weighted by atomic mass is 9.83. The lowest BCUT2D eigenvalue weighted by Gasteiger charge is -2.40. The highest BCUT2D eigenvalue weighted by atomic mass is 16.5. The average molecular weight is 257 g/mol. The molecule has 0 radical (unpaired) electrons. The second kappa shape index (κ2) is 8.89. The summed E-state index contributed by atoms with van der Waals surface area (Å²) in [5.41, 5.74) is 6.23. The van der Waals surface area contributed by atoms with Crippen molar-refractivity contribution < 1.29 is 9.47 Å². The van der Waals surface area contributed by atoms with Crippen LogP contribution >= 0.6 is 0 Å². The van der Waals surface area contributed by atoms with E-state index in [1.165, 1.54) is 38.5 Å². The van der Waals surface area contributed by atoms with Crippen molar-refractivity contribution in [3.05, 3.63) is 0 Å². The van der Waals surface area contributed by atoms with E-state index in [-0.39, 0.29) is 11.6 Å². The van der Waals surface area contributed by atoms with Gasteiger partial charge in [-0.25, -0.2) is 0 Å². The van der Waals surface area contributed by atoms with Gasteiger partial charge < -0.3 is 15.2 Å². The van der Waals surface area contributed by atoms with Gasteiger partial charge in [-0.15, -0.1) is 0 Å². The maximum absolute atomic E-state index is 6.35. The van der Waals surface area contributed by atoms with Crippen LogP contribution in [0.4, 0.5) is 0 Å². The molecule has 0 aromatic rings. The van der Waals surface area contributed by atoms with E-state index < -0.39 is 0 Å². The van der Waals surface area contributed by atoms with Gasteiger partial charge >= 0.3 is 0 Å². The van der Waals surface area contributed by atoms with Crippen LogP contribution in [0.3, 0.4) is 0 Å². The molecule has 1 saturated heterocycles. The summed E-state index contributed by atoms with van der Waals surface area (Å²) in [5.74, 6) is 0. The van der Waals surface area contributed by atoms with Crippen LogP contribution in [0.5, 0.6) is 0 Å². The van der Waals surface area contributed by atoms with E-state index >= 15 is 0 Å². The number of hydrogen-bond acceptors (Lipinski definition) is 3. The lowest BCUT2D eigenvalue weighted by Crippen LogP contribution is -2.52. The quantitative estimate of drug-likeness (QED) is 0.645. The molecule has 1 rings (SSSR count). The molecule has 1 atom stereocenters. The zero-order valence-corrected chi connectivity index (χ0v) is 12.2. The van der Waals surface area contributed by atoms with Gasteiger partial charge in [-0.05, 0) is 6.42 Å². The number of rotatable bonds is 9. The van der Waals surface area contributed by atoms with E-state index in [0.29, 0.717) is 0 Å². The Hall–Kier alpha value is -0.120. The SMILES string of the molecule is CCCCCCCCC(N)C1(OC)CCOCC1. The molecule has 0 saturated carbocycles. The van der Waals surface area contributed by atoms with Crippen molar-refractivity contribution in [3.8, 4) is 0 Å². The number of ether oxygens (including phenoxy) is 2. The molecule has 18 heavy (non-hydrogen) atoms. The van der Waals surface area contributed by atoms with Gasteiger partial charge in [-0.2, -0.15) is 0 Å². The summed E-state index contributed by atoms with van der Waals surface area (Å²) < 4.78 is 11.1. The van der Waals surface area contributed by atoms with Gasteiger partial charge in [-0.1, -0.05) is 45.4 Å². The molecule has 0 amide bonds. The van der Waals surface area contributed by atoms with Gasteiger partial charge in [0.05, 0.1) is 5.60 Å². The summed E-state index contributed by atoms with van der Waals surface area (Å²) >= 11 is 0. The maximum Gasteiger partial charge on any atom is 0.0872 e. The summed E-state index contributed by atoms with van der Waals surface area (Å²) in [6.45, 7) is 3.83. The van der Waals surface area contributed by atoms with Crippen molar-refractivity contribution in [1.29, 1.82) is 0 Å². The van der Waals surface area contributed by atoms with Gasteiger partial charge in [0.2, 0.25) is 0 Å². The summed E-state index contributed by atoms with van der Waals surface area (Å²) in [4.78, 5) is 0.